The lowest BCUT2D eigenvalue weighted by Gasteiger charge is -2.51. The molecule has 2 aliphatic heterocycles. The summed E-state index contributed by atoms with van der Waals surface area (Å²) in [5.74, 6) is 0.962. The van der Waals surface area contributed by atoms with Crippen molar-refractivity contribution in [2.75, 3.05) is 6.54 Å². The number of carbonyl (C=O) groups excluding carboxylic acids is 1. The molecule has 2 aliphatic carbocycles. The topological polar surface area (TPSA) is 88.1 Å². The summed E-state index contributed by atoms with van der Waals surface area (Å²) >= 11 is 0. The van der Waals surface area contributed by atoms with Crippen LogP contribution in [0.1, 0.15) is 68.3 Å². The third kappa shape index (κ3) is 4.13. The minimum Gasteiger partial charge on any atom is -0.465 e. The molecule has 2 aromatic rings. The molecule has 0 radical (unpaired) electrons. The Morgan fingerprint density at radius 2 is 1.75 bits per heavy atom. The van der Waals surface area contributed by atoms with Crippen LogP contribution in [0.15, 0.2) is 42.5 Å². The largest absolute Gasteiger partial charge is 0.465 e. The number of ether oxygens (including phenoxy) is 2. The molecule has 2 amide bonds. The molecule has 7 heteroatoms. The molecule has 4 aliphatic rings. The van der Waals surface area contributed by atoms with Crippen LogP contribution in [0, 0.1) is 11.3 Å². The van der Waals surface area contributed by atoms with Crippen molar-refractivity contribution in [2.45, 2.75) is 76.9 Å². The van der Waals surface area contributed by atoms with Gasteiger partial charge in [0.1, 0.15) is 5.75 Å². The highest BCUT2D eigenvalue weighted by molar-refractivity contribution is 5.95. The third-order valence-electron chi connectivity index (χ3n) is 8.99. The van der Waals surface area contributed by atoms with Crippen molar-refractivity contribution in [3.05, 3.63) is 53.6 Å². The van der Waals surface area contributed by atoms with E-state index in [2.05, 4.69) is 25.2 Å². The predicted octanol–water partition coefficient (Wildman–Crippen LogP) is 5.43. The van der Waals surface area contributed by atoms with Crippen molar-refractivity contribution >= 4 is 12.0 Å². The van der Waals surface area contributed by atoms with Gasteiger partial charge in [0.15, 0.2) is 0 Å². The molecule has 7 nitrogen and oxygen atoms in total. The number of fused-ring (bicyclic) bond motifs is 1. The highest BCUT2D eigenvalue weighted by atomic mass is 16.7. The number of carbonyl (C=O) groups is 2. The molecule has 0 spiro atoms. The number of hydrogen-bond donors (Lipinski definition) is 2. The monoisotopic (exact) mass is 490 g/mol. The SMILES string of the molecule is CC1(C2(C)CC(C3OCc4cc(-c5ccc(C(=O)NC6CC6)cc5)ccc4O3)CCN2C(=O)O)CC1. The van der Waals surface area contributed by atoms with Crippen molar-refractivity contribution in [3.63, 3.8) is 0 Å². The van der Waals surface area contributed by atoms with Gasteiger partial charge in [0.05, 0.1) is 6.61 Å². The predicted molar refractivity (Wildman–Crippen MR) is 135 cm³/mol. The van der Waals surface area contributed by atoms with Crippen molar-refractivity contribution in [1.29, 1.82) is 0 Å². The van der Waals surface area contributed by atoms with Crippen molar-refractivity contribution < 1.29 is 24.2 Å². The van der Waals surface area contributed by atoms with Gasteiger partial charge in [-0.1, -0.05) is 25.1 Å². The number of likely N-dealkylation sites (tertiary alicyclic amines) is 1. The lowest BCUT2D eigenvalue weighted by Crippen LogP contribution is -2.60. The minimum absolute atomic E-state index is 0.0108. The number of carboxylic acid groups (broad SMARTS) is 1. The van der Waals surface area contributed by atoms with E-state index >= 15 is 0 Å². The van der Waals surface area contributed by atoms with Gasteiger partial charge in [-0.05, 0) is 86.3 Å². The van der Waals surface area contributed by atoms with E-state index in [1.807, 2.05) is 36.4 Å². The third-order valence-corrected chi connectivity index (χ3v) is 8.99. The molecule has 3 atom stereocenters. The first kappa shape index (κ1) is 23.3. The van der Waals surface area contributed by atoms with Gasteiger partial charge in [0, 0.05) is 35.2 Å². The molecule has 1 saturated heterocycles. The molecular formula is C29H34N2O5. The van der Waals surface area contributed by atoms with Crippen LogP contribution in [-0.4, -0.2) is 46.4 Å². The van der Waals surface area contributed by atoms with E-state index in [1.165, 1.54) is 0 Å². The van der Waals surface area contributed by atoms with Gasteiger partial charge in [0.25, 0.3) is 5.91 Å². The fourth-order valence-electron chi connectivity index (χ4n) is 5.96. The highest BCUT2D eigenvalue weighted by Gasteiger charge is 2.60. The summed E-state index contributed by atoms with van der Waals surface area (Å²) in [4.78, 5) is 25.9. The van der Waals surface area contributed by atoms with E-state index in [1.54, 1.807) is 4.90 Å². The van der Waals surface area contributed by atoms with Crippen LogP contribution in [0.2, 0.25) is 0 Å². The summed E-state index contributed by atoms with van der Waals surface area (Å²) in [6.45, 7) is 5.28. The van der Waals surface area contributed by atoms with Gasteiger partial charge < -0.3 is 24.8 Å². The zero-order chi connectivity index (χ0) is 25.1. The fourth-order valence-corrected chi connectivity index (χ4v) is 5.96. The molecule has 6 rings (SSSR count). The maximum absolute atomic E-state index is 12.3. The van der Waals surface area contributed by atoms with Gasteiger partial charge in [-0.25, -0.2) is 4.79 Å². The molecule has 2 aromatic carbocycles. The average Bonchev–Trinajstić information content (AvgIpc) is 3.82. The van der Waals surface area contributed by atoms with Gasteiger partial charge in [-0.3, -0.25) is 4.79 Å². The Morgan fingerprint density at radius 3 is 2.42 bits per heavy atom. The van der Waals surface area contributed by atoms with E-state index in [9.17, 15) is 14.7 Å². The lowest BCUT2D eigenvalue weighted by molar-refractivity contribution is -0.163. The summed E-state index contributed by atoms with van der Waals surface area (Å²) < 4.78 is 12.5. The standard InChI is InChI=1S/C29H34N2O5/c1-28(12-13-28)29(2)16-21(11-14-31(29)27(33)34)26-35-17-22-15-20(7-10-24(22)36-26)18-3-5-19(6-4-18)25(32)30-23-8-9-23/h3-7,10,15,21,23,26H,8-9,11-14,16-17H2,1-2H3,(H,30,32)(H,33,34). The van der Waals surface area contributed by atoms with Gasteiger partial charge in [-0.15, -0.1) is 0 Å². The Labute approximate surface area is 211 Å². The maximum atomic E-state index is 12.3. The lowest BCUT2D eigenvalue weighted by atomic mass is 9.71. The number of rotatable bonds is 5. The van der Waals surface area contributed by atoms with E-state index in [-0.39, 0.29) is 23.5 Å². The zero-order valence-corrected chi connectivity index (χ0v) is 21.0. The first-order valence-electron chi connectivity index (χ1n) is 13.1. The van der Waals surface area contributed by atoms with E-state index in [0.717, 1.165) is 61.0 Å². The number of nitrogens with zero attached hydrogens (tertiary/aromatic N) is 1. The molecule has 0 aromatic heterocycles. The summed E-state index contributed by atoms with van der Waals surface area (Å²) in [5.41, 5.74) is 3.40. The van der Waals surface area contributed by atoms with Crippen LogP contribution >= 0.6 is 0 Å². The summed E-state index contributed by atoms with van der Waals surface area (Å²) in [6, 6.07) is 14.2. The van der Waals surface area contributed by atoms with Crippen LogP contribution in [0.4, 0.5) is 4.79 Å². The fraction of sp³-hybridized carbons (Fsp3) is 0.517. The Bertz CT molecular complexity index is 1190. The Morgan fingerprint density at radius 1 is 1.03 bits per heavy atom. The Balaban J connectivity index is 1.15. The number of piperidine rings is 1. The van der Waals surface area contributed by atoms with Gasteiger partial charge in [0.2, 0.25) is 6.29 Å². The molecule has 36 heavy (non-hydrogen) atoms. The van der Waals surface area contributed by atoms with Crippen molar-refractivity contribution in [3.8, 4) is 16.9 Å². The number of amides is 2. The van der Waals surface area contributed by atoms with Crippen molar-refractivity contribution in [2.24, 2.45) is 11.3 Å². The van der Waals surface area contributed by atoms with Gasteiger partial charge in [-0.2, -0.15) is 0 Å². The molecule has 0 bridgehead atoms. The summed E-state index contributed by atoms with van der Waals surface area (Å²) in [7, 11) is 0. The summed E-state index contributed by atoms with van der Waals surface area (Å²) in [6.07, 6.45) is 4.54. The number of hydrogen-bond acceptors (Lipinski definition) is 4. The molecular weight excluding hydrogens is 456 g/mol. The molecule has 2 heterocycles. The van der Waals surface area contributed by atoms with Crippen LogP contribution in [0.25, 0.3) is 11.1 Å². The molecule has 2 saturated carbocycles. The van der Waals surface area contributed by atoms with E-state index < -0.39 is 11.6 Å². The van der Waals surface area contributed by atoms with E-state index in [4.69, 9.17) is 9.47 Å². The second-order valence-electron chi connectivity index (χ2n) is 11.5. The molecule has 3 unspecified atom stereocenters. The first-order valence-corrected chi connectivity index (χ1v) is 13.1. The average molecular weight is 491 g/mol. The van der Waals surface area contributed by atoms with Crippen LogP contribution < -0.4 is 10.1 Å². The van der Waals surface area contributed by atoms with Crippen molar-refractivity contribution in [1.82, 2.24) is 10.2 Å². The molecule has 190 valence electrons. The van der Waals surface area contributed by atoms with Crippen LogP contribution in [0.3, 0.4) is 0 Å². The maximum Gasteiger partial charge on any atom is 0.407 e. The van der Waals surface area contributed by atoms with Crippen LogP contribution in [-0.2, 0) is 11.3 Å². The zero-order valence-electron chi connectivity index (χ0n) is 21.0. The second-order valence-corrected chi connectivity index (χ2v) is 11.5. The quantitative estimate of drug-likeness (QED) is 0.584. The Hall–Kier alpha value is -3.06. The number of nitrogens with one attached hydrogen (secondary N) is 1. The first-order chi connectivity index (χ1) is 17.3. The molecule has 3 fully saturated rings. The van der Waals surface area contributed by atoms with Gasteiger partial charge >= 0.3 is 6.09 Å². The Kier molecular flexibility index (Phi) is 5.52. The normalized spacial score (nSPS) is 28.6. The highest BCUT2D eigenvalue weighted by Crippen LogP contribution is 2.60. The number of benzene rings is 2. The molecule has 2 N–H and O–H groups in total. The second kappa shape index (κ2) is 8.51. The summed E-state index contributed by atoms with van der Waals surface area (Å²) in [5, 5.41) is 12.9. The smallest absolute Gasteiger partial charge is 0.407 e. The van der Waals surface area contributed by atoms with E-state index in [0.29, 0.717) is 24.8 Å². The van der Waals surface area contributed by atoms with Crippen LogP contribution in [0.5, 0.6) is 5.75 Å². The minimum atomic E-state index is -0.830.